The highest BCUT2D eigenvalue weighted by molar-refractivity contribution is 7.20. The minimum atomic E-state index is -0.602. The van der Waals surface area contributed by atoms with Gasteiger partial charge in [0.2, 0.25) is 0 Å². The number of H-pyrrole nitrogens is 1. The Hall–Kier alpha value is -4.18. The molecule has 0 bridgehead atoms. The van der Waals surface area contributed by atoms with E-state index in [4.69, 9.17) is 9.47 Å². The van der Waals surface area contributed by atoms with Gasteiger partial charge in [0.15, 0.2) is 0 Å². The van der Waals surface area contributed by atoms with Crippen molar-refractivity contribution in [1.29, 1.82) is 0 Å². The highest BCUT2D eigenvalue weighted by Gasteiger charge is 2.19. The Kier molecular flexibility index (Phi) is 6.83. The van der Waals surface area contributed by atoms with Crippen LogP contribution in [0.2, 0.25) is 0 Å². The molecule has 0 aliphatic rings. The van der Waals surface area contributed by atoms with Crippen molar-refractivity contribution in [3.63, 3.8) is 0 Å². The molecule has 0 aliphatic heterocycles. The zero-order valence-corrected chi connectivity index (χ0v) is 20.1. The Balaban J connectivity index is 1.58. The summed E-state index contributed by atoms with van der Waals surface area (Å²) in [5, 5.41) is 3.07. The van der Waals surface area contributed by atoms with E-state index in [0.29, 0.717) is 27.4 Å². The first-order valence-corrected chi connectivity index (χ1v) is 11.5. The van der Waals surface area contributed by atoms with Crippen molar-refractivity contribution in [2.45, 2.75) is 19.5 Å². The van der Waals surface area contributed by atoms with Crippen LogP contribution in [0, 0.1) is 0 Å². The van der Waals surface area contributed by atoms with Gasteiger partial charge in [-0.3, -0.25) is 19.1 Å². The summed E-state index contributed by atoms with van der Waals surface area (Å²) < 4.78 is 10.9. The van der Waals surface area contributed by atoms with Gasteiger partial charge in [-0.25, -0.2) is 9.59 Å². The van der Waals surface area contributed by atoms with Crippen molar-refractivity contribution < 1.29 is 19.1 Å². The predicted molar refractivity (Wildman–Crippen MR) is 132 cm³/mol. The average molecular weight is 494 g/mol. The van der Waals surface area contributed by atoms with Crippen LogP contribution in [0.3, 0.4) is 0 Å². The maximum absolute atomic E-state index is 13.2. The van der Waals surface area contributed by atoms with Gasteiger partial charge in [-0.1, -0.05) is 24.3 Å². The number of nitrogens with one attached hydrogen (secondary N) is 2. The summed E-state index contributed by atoms with van der Waals surface area (Å²) in [6.07, 6.45) is 0. The molecule has 9 nitrogen and oxygen atoms in total. The summed E-state index contributed by atoms with van der Waals surface area (Å²) in [4.78, 5) is 53.7. The molecule has 0 saturated heterocycles. The fraction of sp³-hybridized carbons (Fsp3) is 0.200. The van der Waals surface area contributed by atoms with Crippen LogP contribution in [0.1, 0.15) is 44.1 Å². The molecular weight excluding hydrogens is 470 g/mol. The van der Waals surface area contributed by atoms with E-state index in [9.17, 15) is 19.2 Å². The van der Waals surface area contributed by atoms with Gasteiger partial charge in [-0.15, -0.1) is 11.3 Å². The highest BCUT2D eigenvalue weighted by Crippen LogP contribution is 2.22. The monoisotopic (exact) mass is 493 g/mol. The average Bonchev–Trinajstić information content (AvgIpc) is 3.31. The lowest BCUT2D eigenvalue weighted by molar-refractivity contribution is 0.0600. The number of hydrogen-bond donors (Lipinski definition) is 2. The smallest absolute Gasteiger partial charge is 0.337 e. The van der Waals surface area contributed by atoms with E-state index in [-0.39, 0.29) is 11.3 Å². The molecule has 2 N–H and O–H groups in total. The molecule has 0 fully saturated rings. The van der Waals surface area contributed by atoms with Crippen molar-refractivity contribution in [2.24, 2.45) is 0 Å². The van der Waals surface area contributed by atoms with E-state index in [0.717, 1.165) is 27.2 Å². The van der Waals surface area contributed by atoms with Gasteiger partial charge >= 0.3 is 11.7 Å². The Morgan fingerprint density at radius 1 is 1.06 bits per heavy atom. The maximum Gasteiger partial charge on any atom is 0.337 e. The number of carbonyl (C=O) groups is 2. The van der Waals surface area contributed by atoms with E-state index >= 15 is 0 Å². The number of ether oxygens (including phenoxy) is 2. The zero-order chi connectivity index (χ0) is 25.1. The van der Waals surface area contributed by atoms with E-state index in [1.54, 1.807) is 50.4 Å². The SMILES string of the molecule is COC(=O)c1ccc(C(C)n2c(=O)[nH]c3sc(C(=O)NCc4ccc(OC)cc4)cc3c2=O)cc1. The fourth-order valence-electron chi connectivity index (χ4n) is 3.66. The molecule has 2 aromatic heterocycles. The lowest BCUT2D eigenvalue weighted by Gasteiger charge is -2.14. The standard InChI is InChI=1S/C25H23N3O6S/c1-14(16-6-8-17(9-7-16)24(31)34-3)28-23(30)19-12-20(35-22(19)27-25(28)32)21(29)26-13-15-4-10-18(33-2)11-5-15/h4-12,14H,13H2,1-3H3,(H,26,29)(H,27,32). The Labute approximate surface area is 203 Å². The van der Waals surface area contributed by atoms with Crippen LogP contribution in [-0.4, -0.2) is 35.6 Å². The van der Waals surface area contributed by atoms with Gasteiger partial charge in [0, 0.05) is 6.54 Å². The third kappa shape index (κ3) is 4.87. The Bertz CT molecular complexity index is 1500. The quantitative estimate of drug-likeness (QED) is 0.382. The molecule has 1 amide bonds. The van der Waals surface area contributed by atoms with Crippen molar-refractivity contribution in [3.05, 3.63) is 97.0 Å². The number of methoxy groups -OCH3 is 2. The van der Waals surface area contributed by atoms with Crippen LogP contribution >= 0.6 is 11.3 Å². The van der Waals surface area contributed by atoms with Crippen LogP contribution in [0.15, 0.2) is 64.2 Å². The molecular formula is C25H23N3O6S. The van der Waals surface area contributed by atoms with Gasteiger partial charge in [0.1, 0.15) is 10.6 Å². The van der Waals surface area contributed by atoms with Crippen LogP contribution in [0.4, 0.5) is 0 Å². The molecule has 180 valence electrons. The van der Waals surface area contributed by atoms with E-state index in [1.165, 1.54) is 13.2 Å². The van der Waals surface area contributed by atoms with Gasteiger partial charge in [0.05, 0.1) is 36.1 Å². The summed E-state index contributed by atoms with van der Waals surface area (Å²) in [5.74, 6) is -0.101. The molecule has 1 unspecified atom stereocenters. The number of esters is 1. The Morgan fingerprint density at radius 3 is 2.37 bits per heavy atom. The summed E-state index contributed by atoms with van der Waals surface area (Å²) in [6, 6.07) is 14.7. The zero-order valence-electron chi connectivity index (χ0n) is 19.3. The van der Waals surface area contributed by atoms with Crippen molar-refractivity contribution in [1.82, 2.24) is 14.9 Å². The van der Waals surface area contributed by atoms with Crippen molar-refractivity contribution in [3.8, 4) is 5.75 Å². The Morgan fingerprint density at radius 2 is 1.74 bits per heavy atom. The lowest BCUT2D eigenvalue weighted by atomic mass is 10.1. The number of carbonyl (C=O) groups excluding carboxylic acids is 2. The second-order valence-electron chi connectivity index (χ2n) is 7.78. The van der Waals surface area contributed by atoms with Gasteiger partial charge in [-0.2, -0.15) is 0 Å². The topological polar surface area (TPSA) is 119 Å². The number of rotatable bonds is 7. The number of aromatic nitrogens is 2. The second kappa shape index (κ2) is 9.98. The van der Waals surface area contributed by atoms with Crippen molar-refractivity contribution in [2.75, 3.05) is 14.2 Å². The number of benzene rings is 2. The molecule has 0 spiro atoms. The first kappa shape index (κ1) is 24.0. The van der Waals surface area contributed by atoms with Crippen molar-refractivity contribution >= 4 is 33.4 Å². The summed E-state index contributed by atoms with van der Waals surface area (Å²) in [6.45, 7) is 2.01. The molecule has 2 heterocycles. The molecule has 35 heavy (non-hydrogen) atoms. The fourth-order valence-corrected chi connectivity index (χ4v) is 4.62. The van der Waals surface area contributed by atoms with E-state index in [1.807, 2.05) is 12.1 Å². The second-order valence-corrected chi connectivity index (χ2v) is 8.83. The highest BCUT2D eigenvalue weighted by atomic mass is 32.1. The molecule has 0 aliphatic carbocycles. The number of aromatic amines is 1. The molecule has 2 aromatic carbocycles. The normalized spacial score (nSPS) is 11.7. The summed E-state index contributed by atoms with van der Waals surface area (Å²) in [7, 11) is 2.87. The molecule has 4 aromatic rings. The van der Waals surface area contributed by atoms with Crippen LogP contribution in [0.5, 0.6) is 5.75 Å². The van der Waals surface area contributed by atoms with Crippen LogP contribution in [0.25, 0.3) is 10.2 Å². The molecule has 1 atom stereocenters. The maximum atomic E-state index is 13.2. The summed E-state index contributed by atoms with van der Waals surface area (Å²) >= 11 is 1.05. The lowest BCUT2D eigenvalue weighted by Crippen LogP contribution is -2.37. The van der Waals surface area contributed by atoms with Crippen LogP contribution in [-0.2, 0) is 11.3 Å². The first-order valence-electron chi connectivity index (χ1n) is 10.7. The number of fused-ring (bicyclic) bond motifs is 1. The predicted octanol–water partition coefficient (Wildman–Crippen LogP) is 3.09. The number of hydrogen-bond acceptors (Lipinski definition) is 7. The molecule has 10 heteroatoms. The van der Waals surface area contributed by atoms with Gasteiger partial charge < -0.3 is 14.8 Å². The molecule has 4 rings (SSSR count). The molecule has 0 saturated carbocycles. The van der Waals surface area contributed by atoms with E-state index in [2.05, 4.69) is 10.3 Å². The number of thiophene rings is 1. The largest absolute Gasteiger partial charge is 0.497 e. The first-order chi connectivity index (χ1) is 16.8. The van der Waals surface area contributed by atoms with Crippen LogP contribution < -0.4 is 21.3 Å². The minimum absolute atomic E-state index is 0.252. The van der Waals surface area contributed by atoms with Gasteiger partial charge in [-0.05, 0) is 48.4 Å². The third-order valence-electron chi connectivity index (χ3n) is 5.66. The number of nitrogens with zero attached hydrogens (tertiary/aromatic N) is 1. The minimum Gasteiger partial charge on any atom is -0.497 e. The third-order valence-corrected chi connectivity index (χ3v) is 6.71. The summed E-state index contributed by atoms with van der Waals surface area (Å²) in [5.41, 5.74) is 0.835. The van der Waals surface area contributed by atoms with E-state index < -0.39 is 23.3 Å². The van der Waals surface area contributed by atoms with Gasteiger partial charge in [0.25, 0.3) is 11.5 Å². The molecule has 0 radical (unpaired) electrons. The number of amides is 1.